The predicted octanol–water partition coefficient (Wildman–Crippen LogP) is 3.84. The zero-order chi connectivity index (χ0) is 16.8. The number of hydrogen-bond acceptors (Lipinski definition) is 3. The van der Waals surface area contributed by atoms with Gasteiger partial charge in [-0.05, 0) is 37.6 Å². The zero-order valence-corrected chi connectivity index (χ0v) is 13.7. The molecule has 0 spiro atoms. The molecule has 0 aliphatic rings. The first-order valence-corrected chi connectivity index (χ1v) is 7.62. The fourth-order valence-electron chi connectivity index (χ4n) is 2.37. The maximum atomic E-state index is 11.9. The average Bonchev–Trinajstić information content (AvgIpc) is 2.54. The van der Waals surface area contributed by atoms with Crippen LogP contribution in [0.4, 0.5) is 5.69 Å². The van der Waals surface area contributed by atoms with Gasteiger partial charge in [-0.15, -0.1) is 0 Å². The number of rotatable bonds is 6. The third kappa shape index (κ3) is 4.19. The minimum absolute atomic E-state index is 0.0412. The van der Waals surface area contributed by atoms with Gasteiger partial charge in [0.1, 0.15) is 12.4 Å². The lowest BCUT2D eigenvalue weighted by molar-refractivity contribution is -0.116. The normalized spacial score (nSPS) is 10.2. The Labute approximate surface area is 136 Å². The summed E-state index contributed by atoms with van der Waals surface area (Å²) in [6.45, 7) is 5.82. The van der Waals surface area contributed by atoms with E-state index in [4.69, 9.17) is 4.74 Å². The molecular formula is C19H21NO3. The molecule has 4 nitrogen and oxygen atoms in total. The number of amides is 1. The van der Waals surface area contributed by atoms with E-state index in [2.05, 4.69) is 0 Å². The van der Waals surface area contributed by atoms with Gasteiger partial charge in [-0.3, -0.25) is 9.59 Å². The lowest BCUT2D eigenvalue weighted by Gasteiger charge is -2.23. The van der Waals surface area contributed by atoms with Crippen LogP contribution >= 0.6 is 0 Å². The van der Waals surface area contributed by atoms with Crippen molar-refractivity contribution in [3.8, 4) is 5.75 Å². The van der Waals surface area contributed by atoms with Gasteiger partial charge in [-0.2, -0.15) is 0 Å². The minimum Gasteiger partial charge on any atom is -0.487 e. The van der Waals surface area contributed by atoms with Gasteiger partial charge in [0, 0.05) is 19.0 Å². The van der Waals surface area contributed by atoms with Crippen LogP contribution in [0.1, 0.15) is 36.7 Å². The van der Waals surface area contributed by atoms with Gasteiger partial charge in [-0.1, -0.05) is 30.3 Å². The van der Waals surface area contributed by atoms with Crippen LogP contribution in [0.25, 0.3) is 0 Å². The first kappa shape index (κ1) is 16.7. The van der Waals surface area contributed by atoms with E-state index < -0.39 is 0 Å². The maximum absolute atomic E-state index is 11.9. The lowest BCUT2D eigenvalue weighted by atomic mass is 10.1. The molecule has 0 radical (unpaired) electrons. The molecule has 0 N–H and O–H groups in total. The molecule has 120 valence electrons. The Bertz CT molecular complexity index is 695. The van der Waals surface area contributed by atoms with E-state index in [0.717, 1.165) is 5.56 Å². The highest BCUT2D eigenvalue weighted by Crippen LogP contribution is 2.30. The van der Waals surface area contributed by atoms with Crippen LogP contribution < -0.4 is 9.64 Å². The summed E-state index contributed by atoms with van der Waals surface area (Å²) in [6, 6.07) is 15.0. The third-order valence-corrected chi connectivity index (χ3v) is 3.59. The second kappa shape index (κ2) is 7.58. The highest BCUT2D eigenvalue weighted by atomic mass is 16.5. The van der Waals surface area contributed by atoms with E-state index in [1.807, 2.05) is 37.3 Å². The summed E-state index contributed by atoms with van der Waals surface area (Å²) in [5.41, 5.74) is 2.23. The summed E-state index contributed by atoms with van der Waals surface area (Å²) in [5, 5.41) is 0. The maximum Gasteiger partial charge on any atom is 0.223 e. The summed E-state index contributed by atoms with van der Waals surface area (Å²) in [7, 11) is 0. The SMILES string of the molecule is CCN(C(C)=O)c1cc(C(C)=O)ccc1OCc1ccccc1. The number of carbonyl (C=O) groups is 2. The van der Waals surface area contributed by atoms with Crippen LogP contribution in [-0.4, -0.2) is 18.2 Å². The number of ketones is 1. The molecular weight excluding hydrogens is 290 g/mol. The summed E-state index contributed by atoms with van der Waals surface area (Å²) < 4.78 is 5.89. The van der Waals surface area contributed by atoms with Gasteiger partial charge < -0.3 is 9.64 Å². The smallest absolute Gasteiger partial charge is 0.223 e. The minimum atomic E-state index is -0.0854. The van der Waals surface area contributed by atoms with E-state index in [1.165, 1.54) is 13.8 Å². The average molecular weight is 311 g/mol. The number of Topliss-reactive ketones (excluding diaryl/α,β-unsaturated/α-hetero) is 1. The Balaban J connectivity index is 2.33. The molecule has 1 amide bonds. The van der Waals surface area contributed by atoms with Crippen molar-refractivity contribution in [2.45, 2.75) is 27.4 Å². The monoisotopic (exact) mass is 311 g/mol. The number of nitrogens with zero attached hydrogens (tertiary/aromatic N) is 1. The van der Waals surface area contributed by atoms with Crippen LogP contribution in [0.3, 0.4) is 0 Å². The summed E-state index contributed by atoms with van der Waals surface area (Å²) in [5.74, 6) is 0.467. The standard InChI is InChI=1S/C19H21NO3/c1-4-20(15(3)22)18-12-17(14(2)21)10-11-19(18)23-13-16-8-6-5-7-9-16/h5-12H,4,13H2,1-3H3. The van der Waals surface area contributed by atoms with E-state index in [-0.39, 0.29) is 11.7 Å². The van der Waals surface area contributed by atoms with E-state index in [1.54, 1.807) is 23.1 Å². The highest BCUT2D eigenvalue weighted by Gasteiger charge is 2.16. The fraction of sp³-hybridized carbons (Fsp3) is 0.263. The molecule has 0 unspecified atom stereocenters. The Morgan fingerprint density at radius 3 is 2.30 bits per heavy atom. The van der Waals surface area contributed by atoms with Crippen molar-refractivity contribution in [2.75, 3.05) is 11.4 Å². The topological polar surface area (TPSA) is 46.6 Å². The van der Waals surface area contributed by atoms with Crippen molar-refractivity contribution in [2.24, 2.45) is 0 Å². The molecule has 0 heterocycles. The van der Waals surface area contributed by atoms with Gasteiger partial charge >= 0.3 is 0 Å². The van der Waals surface area contributed by atoms with Crippen LogP contribution in [0, 0.1) is 0 Å². The largest absolute Gasteiger partial charge is 0.487 e. The van der Waals surface area contributed by atoms with Crippen molar-refractivity contribution in [3.63, 3.8) is 0 Å². The van der Waals surface area contributed by atoms with E-state index in [0.29, 0.717) is 30.2 Å². The third-order valence-electron chi connectivity index (χ3n) is 3.59. The molecule has 0 aliphatic carbocycles. The molecule has 23 heavy (non-hydrogen) atoms. The van der Waals surface area contributed by atoms with Crippen molar-refractivity contribution in [1.82, 2.24) is 0 Å². The molecule has 4 heteroatoms. The number of ether oxygens (including phenoxy) is 1. The molecule has 0 fully saturated rings. The van der Waals surface area contributed by atoms with Crippen LogP contribution in [0.15, 0.2) is 48.5 Å². The summed E-state index contributed by atoms with van der Waals surface area (Å²) >= 11 is 0. The van der Waals surface area contributed by atoms with Crippen molar-refractivity contribution < 1.29 is 14.3 Å². The molecule has 2 rings (SSSR count). The molecule has 0 saturated heterocycles. The van der Waals surface area contributed by atoms with Gasteiger partial charge in [-0.25, -0.2) is 0 Å². The fourth-order valence-corrected chi connectivity index (χ4v) is 2.37. The molecule has 2 aromatic rings. The van der Waals surface area contributed by atoms with E-state index >= 15 is 0 Å². The number of benzene rings is 2. The molecule has 0 bridgehead atoms. The zero-order valence-electron chi connectivity index (χ0n) is 13.7. The number of anilines is 1. The predicted molar refractivity (Wildman–Crippen MR) is 90.9 cm³/mol. The molecule has 0 aromatic heterocycles. The lowest BCUT2D eigenvalue weighted by Crippen LogP contribution is -2.28. The van der Waals surface area contributed by atoms with Crippen LogP contribution in [0.5, 0.6) is 5.75 Å². The van der Waals surface area contributed by atoms with Gasteiger partial charge in [0.15, 0.2) is 5.78 Å². The molecule has 0 saturated carbocycles. The van der Waals surface area contributed by atoms with Crippen LogP contribution in [0.2, 0.25) is 0 Å². The van der Waals surface area contributed by atoms with Crippen LogP contribution in [-0.2, 0) is 11.4 Å². The van der Waals surface area contributed by atoms with Gasteiger partial charge in [0.2, 0.25) is 5.91 Å². The molecule has 2 aromatic carbocycles. The number of hydrogen-bond donors (Lipinski definition) is 0. The first-order chi connectivity index (χ1) is 11.0. The van der Waals surface area contributed by atoms with Gasteiger partial charge in [0.25, 0.3) is 0 Å². The summed E-state index contributed by atoms with van der Waals surface area (Å²) in [6.07, 6.45) is 0. The second-order valence-corrected chi connectivity index (χ2v) is 5.28. The quantitative estimate of drug-likeness (QED) is 0.761. The summed E-state index contributed by atoms with van der Waals surface area (Å²) in [4.78, 5) is 25.1. The van der Waals surface area contributed by atoms with Gasteiger partial charge in [0.05, 0.1) is 5.69 Å². The molecule has 0 atom stereocenters. The van der Waals surface area contributed by atoms with E-state index in [9.17, 15) is 9.59 Å². The number of carbonyl (C=O) groups excluding carboxylic acids is 2. The Hall–Kier alpha value is -2.62. The van der Waals surface area contributed by atoms with Crippen molar-refractivity contribution in [3.05, 3.63) is 59.7 Å². The first-order valence-electron chi connectivity index (χ1n) is 7.62. The van der Waals surface area contributed by atoms with Crippen molar-refractivity contribution in [1.29, 1.82) is 0 Å². The molecule has 0 aliphatic heterocycles. The second-order valence-electron chi connectivity index (χ2n) is 5.28. The highest BCUT2D eigenvalue weighted by molar-refractivity contribution is 5.98. The van der Waals surface area contributed by atoms with Crippen molar-refractivity contribution >= 4 is 17.4 Å². The Kier molecular flexibility index (Phi) is 5.52. The Morgan fingerprint density at radius 2 is 1.74 bits per heavy atom. The Morgan fingerprint density at radius 1 is 1.04 bits per heavy atom.